The van der Waals surface area contributed by atoms with Gasteiger partial charge in [-0.15, -0.1) is 0 Å². The molecule has 0 heterocycles. The number of hydrogen-bond donors (Lipinski definition) is 3. The highest BCUT2D eigenvalue weighted by Crippen LogP contribution is 2.15. The fourth-order valence-corrected chi connectivity index (χ4v) is 7.44. The highest BCUT2D eigenvalue weighted by molar-refractivity contribution is 5.76. The van der Waals surface area contributed by atoms with E-state index in [2.05, 4.69) is 43.5 Å². The van der Waals surface area contributed by atoms with Crippen LogP contribution in [0, 0.1) is 0 Å². The fraction of sp³-hybridized carbons (Fsp3) is 0.846. The summed E-state index contributed by atoms with van der Waals surface area (Å²) in [6.45, 7) is 4.81. The van der Waals surface area contributed by atoms with Crippen molar-refractivity contribution in [2.24, 2.45) is 0 Å². The molecular weight excluding hydrogens is 719 g/mol. The second-order valence-corrected chi connectivity index (χ2v) is 17.1. The second-order valence-electron chi connectivity index (χ2n) is 17.1. The summed E-state index contributed by atoms with van der Waals surface area (Å²) in [6.07, 6.45) is 57.1. The largest absolute Gasteiger partial charge is 0.466 e. The second kappa shape index (κ2) is 47.8. The first-order valence-electron chi connectivity index (χ1n) is 25.3. The van der Waals surface area contributed by atoms with Crippen molar-refractivity contribution in [3.05, 3.63) is 36.5 Å². The highest BCUT2D eigenvalue weighted by Gasteiger charge is 2.18. The van der Waals surface area contributed by atoms with Crippen molar-refractivity contribution >= 4 is 11.9 Å². The Kier molecular flexibility index (Phi) is 46.2. The summed E-state index contributed by atoms with van der Waals surface area (Å²) < 4.78 is 5.43. The molecule has 1 amide bonds. The van der Waals surface area contributed by atoms with Gasteiger partial charge in [0.05, 0.1) is 25.4 Å². The summed E-state index contributed by atoms with van der Waals surface area (Å²) in [7, 11) is 0. The number of amides is 1. The molecule has 58 heavy (non-hydrogen) atoms. The van der Waals surface area contributed by atoms with Crippen molar-refractivity contribution < 1.29 is 24.5 Å². The SMILES string of the molecule is CCCCCCCC/C=C\CCCCCCCC(=O)OCCCC/C=C\CCCCCCCC(=O)NC(CO)C(O)/C=C/CCCCCCCCCCCCCCC. The van der Waals surface area contributed by atoms with E-state index in [0.29, 0.717) is 19.4 Å². The van der Waals surface area contributed by atoms with E-state index in [-0.39, 0.29) is 18.5 Å². The van der Waals surface area contributed by atoms with Gasteiger partial charge in [0.2, 0.25) is 5.91 Å². The lowest BCUT2D eigenvalue weighted by Gasteiger charge is -2.20. The lowest BCUT2D eigenvalue weighted by Crippen LogP contribution is -2.45. The van der Waals surface area contributed by atoms with Gasteiger partial charge in [0.1, 0.15) is 0 Å². The van der Waals surface area contributed by atoms with E-state index in [1.54, 1.807) is 6.08 Å². The molecule has 0 aliphatic carbocycles. The van der Waals surface area contributed by atoms with Crippen LogP contribution in [0.3, 0.4) is 0 Å². The number of ether oxygens (including phenoxy) is 1. The molecule has 0 aromatic heterocycles. The molecule has 0 aromatic carbocycles. The third kappa shape index (κ3) is 43.7. The average Bonchev–Trinajstić information content (AvgIpc) is 3.22. The third-order valence-electron chi connectivity index (χ3n) is 11.4. The Hall–Kier alpha value is -1.92. The van der Waals surface area contributed by atoms with Gasteiger partial charge in [-0.3, -0.25) is 9.59 Å². The van der Waals surface area contributed by atoms with Gasteiger partial charge in [-0.25, -0.2) is 0 Å². The Bertz CT molecular complexity index is 946. The van der Waals surface area contributed by atoms with E-state index in [1.165, 1.54) is 148 Å². The molecule has 0 bridgehead atoms. The molecular formula is C52H97NO5. The van der Waals surface area contributed by atoms with Gasteiger partial charge in [0, 0.05) is 12.8 Å². The van der Waals surface area contributed by atoms with E-state index in [1.807, 2.05) is 6.08 Å². The smallest absolute Gasteiger partial charge is 0.305 e. The van der Waals surface area contributed by atoms with Gasteiger partial charge in [-0.2, -0.15) is 0 Å². The van der Waals surface area contributed by atoms with Crippen LogP contribution in [0.15, 0.2) is 36.5 Å². The summed E-state index contributed by atoms with van der Waals surface area (Å²) in [4.78, 5) is 24.4. The predicted octanol–water partition coefficient (Wildman–Crippen LogP) is 14.9. The molecule has 0 fully saturated rings. The van der Waals surface area contributed by atoms with Gasteiger partial charge in [-0.1, -0.05) is 198 Å². The van der Waals surface area contributed by atoms with Crippen molar-refractivity contribution in [1.29, 1.82) is 0 Å². The topological polar surface area (TPSA) is 95.9 Å². The molecule has 0 saturated heterocycles. The molecule has 2 unspecified atom stereocenters. The van der Waals surface area contributed by atoms with Crippen LogP contribution in [-0.4, -0.2) is 47.4 Å². The average molecular weight is 816 g/mol. The zero-order valence-corrected chi connectivity index (χ0v) is 38.5. The van der Waals surface area contributed by atoms with Gasteiger partial charge < -0.3 is 20.3 Å². The third-order valence-corrected chi connectivity index (χ3v) is 11.4. The van der Waals surface area contributed by atoms with Crippen LogP contribution >= 0.6 is 0 Å². The monoisotopic (exact) mass is 816 g/mol. The standard InChI is InChI=1S/C52H97NO5/c1-3-5-7-9-11-13-15-17-19-21-24-28-32-36-40-44-50(55)49(48-54)53-51(56)45-41-37-33-29-25-23-27-31-35-39-43-47-58-52(57)46-42-38-34-30-26-22-20-18-16-14-12-10-8-6-4-2/h18,20,27,31,40,44,49-50,54-55H,3-17,19,21-26,28-30,32-39,41-43,45-48H2,1-2H3,(H,53,56)/b20-18-,31-27-,44-40+. The van der Waals surface area contributed by atoms with Crippen LogP contribution in [0.5, 0.6) is 0 Å². The predicted molar refractivity (Wildman–Crippen MR) is 250 cm³/mol. The molecule has 0 rings (SSSR count). The number of carbonyl (C=O) groups is 2. The maximum atomic E-state index is 12.4. The lowest BCUT2D eigenvalue weighted by atomic mass is 10.0. The first-order chi connectivity index (χ1) is 28.5. The van der Waals surface area contributed by atoms with Crippen LogP contribution in [0.4, 0.5) is 0 Å². The highest BCUT2D eigenvalue weighted by atomic mass is 16.5. The van der Waals surface area contributed by atoms with Crippen molar-refractivity contribution in [1.82, 2.24) is 5.32 Å². The number of unbranched alkanes of at least 4 members (excludes halogenated alkanes) is 31. The van der Waals surface area contributed by atoms with Crippen molar-refractivity contribution in [3.8, 4) is 0 Å². The first-order valence-corrected chi connectivity index (χ1v) is 25.3. The van der Waals surface area contributed by atoms with E-state index < -0.39 is 12.1 Å². The molecule has 0 saturated carbocycles. The number of rotatable bonds is 46. The quantitative estimate of drug-likeness (QED) is 0.0323. The minimum atomic E-state index is -0.862. The molecule has 0 aliphatic heterocycles. The number of nitrogens with one attached hydrogen (secondary N) is 1. The van der Waals surface area contributed by atoms with E-state index >= 15 is 0 Å². The van der Waals surface area contributed by atoms with E-state index in [9.17, 15) is 19.8 Å². The van der Waals surface area contributed by atoms with Crippen LogP contribution in [0.1, 0.15) is 258 Å². The molecule has 2 atom stereocenters. The minimum Gasteiger partial charge on any atom is -0.466 e. The van der Waals surface area contributed by atoms with E-state index in [4.69, 9.17) is 4.74 Å². The number of carbonyl (C=O) groups excluding carboxylic acids is 2. The zero-order chi connectivity index (χ0) is 42.3. The van der Waals surface area contributed by atoms with E-state index in [0.717, 1.165) is 83.5 Å². The number of aliphatic hydroxyl groups is 2. The maximum absolute atomic E-state index is 12.4. The Morgan fingerprint density at radius 3 is 1.22 bits per heavy atom. The van der Waals surface area contributed by atoms with Crippen LogP contribution < -0.4 is 5.32 Å². The van der Waals surface area contributed by atoms with Gasteiger partial charge in [0.15, 0.2) is 0 Å². The van der Waals surface area contributed by atoms with Crippen LogP contribution in [-0.2, 0) is 14.3 Å². The molecule has 0 aromatic rings. The normalized spacial score (nSPS) is 13.0. The summed E-state index contributed by atoms with van der Waals surface area (Å²) in [5.74, 6) is -0.140. The summed E-state index contributed by atoms with van der Waals surface area (Å²) in [6, 6.07) is -0.649. The van der Waals surface area contributed by atoms with Gasteiger partial charge in [0.25, 0.3) is 0 Å². The Labute approximate surface area is 360 Å². The minimum absolute atomic E-state index is 0.0416. The molecule has 6 nitrogen and oxygen atoms in total. The van der Waals surface area contributed by atoms with Crippen molar-refractivity contribution in [2.75, 3.05) is 13.2 Å². The number of hydrogen-bond acceptors (Lipinski definition) is 5. The Morgan fingerprint density at radius 1 is 0.466 bits per heavy atom. The zero-order valence-electron chi connectivity index (χ0n) is 38.5. The maximum Gasteiger partial charge on any atom is 0.305 e. The molecule has 0 spiro atoms. The van der Waals surface area contributed by atoms with Crippen molar-refractivity contribution in [3.63, 3.8) is 0 Å². The summed E-state index contributed by atoms with van der Waals surface area (Å²) in [5, 5.41) is 23.0. The number of allylic oxidation sites excluding steroid dienone is 5. The van der Waals surface area contributed by atoms with Crippen molar-refractivity contribution in [2.45, 2.75) is 270 Å². The molecule has 340 valence electrons. The summed E-state index contributed by atoms with van der Waals surface area (Å²) in [5.41, 5.74) is 0. The van der Waals surface area contributed by atoms with Gasteiger partial charge in [-0.05, 0) is 83.5 Å². The number of aliphatic hydroxyl groups excluding tert-OH is 2. The Morgan fingerprint density at radius 2 is 0.810 bits per heavy atom. The Balaban J connectivity index is 3.57. The molecule has 0 radical (unpaired) electrons. The lowest BCUT2D eigenvalue weighted by molar-refractivity contribution is -0.143. The molecule has 0 aliphatic rings. The first kappa shape index (κ1) is 56.1. The van der Waals surface area contributed by atoms with Crippen LogP contribution in [0.2, 0.25) is 0 Å². The van der Waals surface area contributed by atoms with Crippen LogP contribution in [0.25, 0.3) is 0 Å². The van der Waals surface area contributed by atoms with Gasteiger partial charge >= 0.3 is 5.97 Å². The molecule has 6 heteroatoms. The summed E-state index contributed by atoms with van der Waals surface area (Å²) >= 11 is 0. The number of esters is 1. The molecule has 3 N–H and O–H groups in total. The fourth-order valence-electron chi connectivity index (χ4n) is 7.44.